The Labute approximate surface area is 117 Å². The van der Waals surface area contributed by atoms with E-state index in [9.17, 15) is 5.11 Å². The molecule has 0 spiro atoms. The fourth-order valence-electron chi connectivity index (χ4n) is 3.84. The highest BCUT2D eigenvalue weighted by molar-refractivity contribution is 4.93. The predicted molar refractivity (Wildman–Crippen MR) is 76.2 cm³/mol. The highest BCUT2D eigenvalue weighted by Gasteiger charge is 2.42. The van der Waals surface area contributed by atoms with Crippen LogP contribution in [-0.4, -0.2) is 36.1 Å². The molecule has 112 valence electrons. The SMILES string of the molecule is CCOC1(C(O)CCC2CCCO2)CCCC(C)C1. The fourth-order valence-corrected chi connectivity index (χ4v) is 3.84. The number of aliphatic hydroxyl groups is 1. The smallest absolute Gasteiger partial charge is 0.0942 e. The third-order valence-electron chi connectivity index (χ3n) is 4.82. The Morgan fingerprint density at radius 3 is 2.84 bits per heavy atom. The van der Waals surface area contributed by atoms with Crippen molar-refractivity contribution in [3.63, 3.8) is 0 Å². The van der Waals surface area contributed by atoms with Gasteiger partial charge in [-0.25, -0.2) is 0 Å². The van der Waals surface area contributed by atoms with Crippen molar-refractivity contribution >= 4 is 0 Å². The molecule has 2 rings (SSSR count). The molecule has 0 radical (unpaired) electrons. The second kappa shape index (κ2) is 7.05. The van der Waals surface area contributed by atoms with Crippen molar-refractivity contribution in [3.8, 4) is 0 Å². The summed E-state index contributed by atoms with van der Waals surface area (Å²) >= 11 is 0. The van der Waals surface area contributed by atoms with Crippen LogP contribution in [0.3, 0.4) is 0 Å². The number of ether oxygens (including phenoxy) is 2. The van der Waals surface area contributed by atoms with E-state index in [1.165, 1.54) is 19.3 Å². The van der Waals surface area contributed by atoms with Gasteiger partial charge >= 0.3 is 0 Å². The molecule has 19 heavy (non-hydrogen) atoms. The van der Waals surface area contributed by atoms with E-state index < -0.39 is 0 Å². The molecule has 1 saturated heterocycles. The predicted octanol–water partition coefficient (Wildman–Crippen LogP) is 3.29. The Balaban J connectivity index is 1.89. The standard InChI is InChI=1S/C16H30O3/c1-3-19-16(10-4-6-13(2)12-16)15(17)9-8-14-7-5-11-18-14/h13-15,17H,3-12H2,1-2H3. The molecule has 1 saturated carbocycles. The van der Waals surface area contributed by atoms with Gasteiger partial charge < -0.3 is 14.6 Å². The molecule has 0 aromatic rings. The molecular formula is C16H30O3. The van der Waals surface area contributed by atoms with Gasteiger partial charge in [-0.05, 0) is 51.4 Å². The Morgan fingerprint density at radius 2 is 2.21 bits per heavy atom. The van der Waals surface area contributed by atoms with Crippen LogP contribution in [0.1, 0.15) is 65.2 Å². The first-order valence-corrected chi connectivity index (χ1v) is 8.10. The molecule has 1 N–H and O–H groups in total. The lowest BCUT2D eigenvalue weighted by atomic mass is 9.74. The van der Waals surface area contributed by atoms with Crippen molar-refractivity contribution in [1.82, 2.24) is 0 Å². The topological polar surface area (TPSA) is 38.7 Å². The minimum absolute atomic E-state index is 0.287. The van der Waals surface area contributed by atoms with E-state index in [2.05, 4.69) is 6.92 Å². The van der Waals surface area contributed by atoms with E-state index in [0.29, 0.717) is 18.6 Å². The van der Waals surface area contributed by atoms with Crippen molar-refractivity contribution < 1.29 is 14.6 Å². The second-order valence-electron chi connectivity index (χ2n) is 6.43. The maximum atomic E-state index is 10.7. The van der Waals surface area contributed by atoms with E-state index >= 15 is 0 Å². The van der Waals surface area contributed by atoms with Gasteiger partial charge in [0.25, 0.3) is 0 Å². The lowest BCUT2D eigenvalue weighted by Gasteiger charge is -2.43. The molecule has 0 amide bonds. The van der Waals surface area contributed by atoms with Gasteiger partial charge in [-0.3, -0.25) is 0 Å². The Hall–Kier alpha value is -0.120. The zero-order chi connectivity index (χ0) is 13.7. The van der Waals surface area contributed by atoms with E-state index in [0.717, 1.165) is 38.7 Å². The molecule has 3 nitrogen and oxygen atoms in total. The van der Waals surface area contributed by atoms with Crippen LogP contribution in [0.5, 0.6) is 0 Å². The molecular weight excluding hydrogens is 240 g/mol. The largest absolute Gasteiger partial charge is 0.390 e. The summed E-state index contributed by atoms with van der Waals surface area (Å²) in [4.78, 5) is 0. The van der Waals surface area contributed by atoms with Gasteiger partial charge in [0.1, 0.15) is 0 Å². The van der Waals surface area contributed by atoms with E-state index in [1.54, 1.807) is 0 Å². The normalized spacial score (nSPS) is 37.4. The lowest BCUT2D eigenvalue weighted by Crippen LogP contribution is -2.48. The van der Waals surface area contributed by atoms with Crippen LogP contribution in [-0.2, 0) is 9.47 Å². The van der Waals surface area contributed by atoms with Gasteiger partial charge in [0.2, 0.25) is 0 Å². The van der Waals surface area contributed by atoms with Gasteiger partial charge in [0.15, 0.2) is 0 Å². The molecule has 0 aromatic heterocycles. The molecule has 1 aliphatic heterocycles. The van der Waals surface area contributed by atoms with Crippen LogP contribution < -0.4 is 0 Å². The van der Waals surface area contributed by atoms with Crippen LogP contribution in [0.25, 0.3) is 0 Å². The van der Waals surface area contributed by atoms with Gasteiger partial charge in [0, 0.05) is 13.2 Å². The molecule has 2 fully saturated rings. The van der Waals surface area contributed by atoms with Gasteiger partial charge in [-0.2, -0.15) is 0 Å². The molecule has 2 aliphatic rings. The number of hydrogen-bond donors (Lipinski definition) is 1. The fraction of sp³-hybridized carbons (Fsp3) is 1.00. The first-order valence-electron chi connectivity index (χ1n) is 8.10. The van der Waals surface area contributed by atoms with Crippen molar-refractivity contribution in [1.29, 1.82) is 0 Å². The summed E-state index contributed by atoms with van der Waals surface area (Å²) in [6, 6.07) is 0. The third-order valence-corrected chi connectivity index (χ3v) is 4.82. The maximum Gasteiger partial charge on any atom is 0.0942 e. The molecule has 1 heterocycles. The summed E-state index contributed by atoms with van der Waals surface area (Å²) in [7, 11) is 0. The summed E-state index contributed by atoms with van der Waals surface area (Å²) in [5.41, 5.74) is -0.287. The lowest BCUT2D eigenvalue weighted by molar-refractivity contribution is -0.151. The molecule has 0 aromatic carbocycles. The van der Waals surface area contributed by atoms with Gasteiger partial charge in [0.05, 0.1) is 17.8 Å². The van der Waals surface area contributed by atoms with Gasteiger partial charge in [-0.1, -0.05) is 19.8 Å². The van der Waals surface area contributed by atoms with Crippen LogP contribution in [0.2, 0.25) is 0 Å². The summed E-state index contributed by atoms with van der Waals surface area (Å²) in [6.45, 7) is 5.91. The molecule has 3 heteroatoms. The monoisotopic (exact) mass is 270 g/mol. The Kier molecular flexibility index (Phi) is 5.67. The Morgan fingerprint density at radius 1 is 1.37 bits per heavy atom. The van der Waals surface area contributed by atoms with Crippen molar-refractivity contribution in [2.45, 2.75) is 83.0 Å². The third kappa shape index (κ3) is 3.93. The number of aliphatic hydroxyl groups excluding tert-OH is 1. The van der Waals surface area contributed by atoms with Crippen LogP contribution in [0, 0.1) is 5.92 Å². The van der Waals surface area contributed by atoms with E-state index in [1.807, 2.05) is 6.92 Å². The Bertz CT molecular complexity index is 259. The van der Waals surface area contributed by atoms with Gasteiger partial charge in [-0.15, -0.1) is 0 Å². The summed E-state index contributed by atoms with van der Waals surface area (Å²) < 4.78 is 11.7. The first-order chi connectivity index (χ1) is 9.16. The van der Waals surface area contributed by atoms with E-state index in [4.69, 9.17) is 9.47 Å². The summed E-state index contributed by atoms with van der Waals surface area (Å²) in [5.74, 6) is 0.665. The van der Waals surface area contributed by atoms with Crippen molar-refractivity contribution in [2.75, 3.05) is 13.2 Å². The average Bonchev–Trinajstić information content (AvgIpc) is 2.89. The first kappa shape index (κ1) is 15.3. The van der Waals surface area contributed by atoms with Crippen molar-refractivity contribution in [3.05, 3.63) is 0 Å². The van der Waals surface area contributed by atoms with Crippen molar-refractivity contribution in [2.24, 2.45) is 5.92 Å². The second-order valence-corrected chi connectivity index (χ2v) is 6.43. The zero-order valence-corrected chi connectivity index (χ0v) is 12.6. The minimum Gasteiger partial charge on any atom is -0.390 e. The minimum atomic E-state index is -0.334. The molecule has 0 bridgehead atoms. The molecule has 1 aliphatic carbocycles. The maximum absolute atomic E-state index is 10.7. The highest BCUT2D eigenvalue weighted by Crippen LogP contribution is 2.39. The summed E-state index contributed by atoms with van der Waals surface area (Å²) in [5, 5.41) is 10.7. The number of hydrogen-bond acceptors (Lipinski definition) is 3. The van der Waals surface area contributed by atoms with Crippen LogP contribution >= 0.6 is 0 Å². The van der Waals surface area contributed by atoms with Crippen LogP contribution in [0.4, 0.5) is 0 Å². The molecule has 4 unspecified atom stereocenters. The highest BCUT2D eigenvalue weighted by atomic mass is 16.5. The van der Waals surface area contributed by atoms with Crippen LogP contribution in [0.15, 0.2) is 0 Å². The zero-order valence-electron chi connectivity index (χ0n) is 12.6. The molecule has 4 atom stereocenters. The summed E-state index contributed by atoms with van der Waals surface area (Å²) in [6.07, 6.45) is 8.63. The van der Waals surface area contributed by atoms with E-state index in [-0.39, 0.29) is 11.7 Å². The average molecular weight is 270 g/mol. The number of rotatable bonds is 6. The quantitative estimate of drug-likeness (QED) is 0.805.